The molecule has 0 atom stereocenters. The maximum absolute atomic E-state index is 13.1. The highest BCUT2D eigenvalue weighted by Gasteiger charge is 2.37. The van der Waals surface area contributed by atoms with Crippen molar-refractivity contribution in [3.8, 4) is 11.5 Å². The number of nitrogens with one attached hydrogen (secondary N) is 1. The lowest BCUT2D eigenvalue weighted by Crippen LogP contribution is -2.54. The minimum Gasteiger partial charge on any atom is -0.504 e. The highest BCUT2D eigenvalue weighted by Crippen LogP contribution is 2.33. The number of carbonyl (C=O) groups excluding carboxylic acids is 3. The average molecular weight is 420 g/mol. The molecule has 7 heteroatoms. The van der Waals surface area contributed by atoms with Crippen molar-refractivity contribution in [3.63, 3.8) is 0 Å². The molecule has 0 bridgehead atoms. The number of allylic oxidation sites excluding steroid dienone is 1. The zero-order chi connectivity index (χ0) is 22.7. The van der Waals surface area contributed by atoms with Gasteiger partial charge in [0.15, 0.2) is 11.5 Å². The third kappa shape index (κ3) is 4.35. The van der Waals surface area contributed by atoms with E-state index < -0.39 is 17.8 Å². The number of carbonyl (C=O) groups is 3. The van der Waals surface area contributed by atoms with Gasteiger partial charge in [-0.25, -0.2) is 9.69 Å². The number of aromatic hydroxyl groups is 1. The van der Waals surface area contributed by atoms with E-state index >= 15 is 0 Å². The van der Waals surface area contributed by atoms with E-state index in [0.717, 1.165) is 16.0 Å². The van der Waals surface area contributed by atoms with Crippen LogP contribution in [0.1, 0.15) is 29.2 Å². The van der Waals surface area contributed by atoms with Crippen molar-refractivity contribution in [1.82, 2.24) is 5.32 Å². The fourth-order valence-corrected chi connectivity index (χ4v) is 3.27. The second kappa shape index (κ2) is 8.87. The number of phenolic OH excluding ortho intramolecular Hbond substituents is 1. The normalized spacial score (nSPS) is 15.3. The first-order valence-electron chi connectivity index (χ1n) is 9.85. The summed E-state index contributed by atoms with van der Waals surface area (Å²) in [6.07, 6.45) is 3.38. The zero-order valence-corrected chi connectivity index (χ0v) is 17.7. The summed E-state index contributed by atoms with van der Waals surface area (Å²) in [5, 5.41) is 12.6. The van der Waals surface area contributed by atoms with E-state index in [9.17, 15) is 19.5 Å². The molecule has 1 saturated heterocycles. The van der Waals surface area contributed by atoms with E-state index in [1.165, 1.54) is 12.1 Å². The van der Waals surface area contributed by atoms with Crippen LogP contribution in [0.15, 0.2) is 48.6 Å². The molecule has 2 aromatic rings. The molecule has 1 heterocycles. The SMILES string of the molecule is C=CCc1cc(/C=C2\C(=O)NC(=O)N(c3ccc(C)c(C)c3)C2=O)cc(OCC)c1O. The van der Waals surface area contributed by atoms with Gasteiger partial charge >= 0.3 is 6.03 Å². The lowest BCUT2D eigenvalue weighted by Gasteiger charge is -2.27. The molecule has 0 radical (unpaired) electrons. The summed E-state index contributed by atoms with van der Waals surface area (Å²) in [5.74, 6) is -1.30. The second-order valence-electron chi connectivity index (χ2n) is 7.18. The average Bonchev–Trinajstić information content (AvgIpc) is 2.71. The predicted molar refractivity (Wildman–Crippen MR) is 118 cm³/mol. The van der Waals surface area contributed by atoms with Gasteiger partial charge in [0.05, 0.1) is 12.3 Å². The van der Waals surface area contributed by atoms with Gasteiger partial charge in [0, 0.05) is 5.56 Å². The molecular weight excluding hydrogens is 396 g/mol. The first-order valence-corrected chi connectivity index (χ1v) is 9.85. The van der Waals surface area contributed by atoms with E-state index in [0.29, 0.717) is 29.8 Å². The molecule has 2 aromatic carbocycles. The maximum Gasteiger partial charge on any atom is 0.335 e. The molecule has 31 heavy (non-hydrogen) atoms. The number of urea groups is 1. The minimum absolute atomic E-state index is 0.0183. The lowest BCUT2D eigenvalue weighted by molar-refractivity contribution is -0.122. The van der Waals surface area contributed by atoms with Crippen LogP contribution in [0.2, 0.25) is 0 Å². The van der Waals surface area contributed by atoms with Crippen molar-refractivity contribution >= 4 is 29.6 Å². The number of phenols is 1. The molecule has 0 aliphatic carbocycles. The van der Waals surface area contributed by atoms with E-state index in [4.69, 9.17) is 4.74 Å². The van der Waals surface area contributed by atoms with Crippen LogP contribution < -0.4 is 15.0 Å². The van der Waals surface area contributed by atoms with Crippen LogP contribution in [0.25, 0.3) is 6.08 Å². The molecule has 3 rings (SSSR count). The lowest BCUT2D eigenvalue weighted by atomic mass is 10.0. The number of ether oxygens (including phenoxy) is 1. The summed E-state index contributed by atoms with van der Waals surface area (Å²) in [4.78, 5) is 38.9. The van der Waals surface area contributed by atoms with Gasteiger partial charge in [0.25, 0.3) is 11.8 Å². The van der Waals surface area contributed by atoms with Gasteiger partial charge in [-0.1, -0.05) is 12.1 Å². The monoisotopic (exact) mass is 420 g/mol. The maximum atomic E-state index is 13.1. The molecular formula is C24H24N2O5. The molecule has 2 N–H and O–H groups in total. The van der Waals surface area contributed by atoms with E-state index in [1.54, 1.807) is 37.3 Å². The summed E-state index contributed by atoms with van der Waals surface area (Å²) >= 11 is 0. The number of rotatable bonds is 6. The number of imide groups is 2. The number of amides is 4. The molecule has 0 spiro atoms. The highest BCUT2D eigenvalue weighted by molar-refractivity contribution is 6.39. The van der Waals surface area contributed by atoms with Crippen LogP contribution in [0.5, 0.6) is 11.5 Å². The van der Waals surface area contributed by atoms with Crippen molar-refractivity contribution in [2.45, 2.75) is 27.2 Å². The Morgan fingerprint density at radius 2 is 1.87 bits per heavy atom. The topological polar surface area (TPSA) is 95.9 Å². The molecule has 160 valence electrons. The summed E-state index contributed by atoms with van der Waals surface area (Å²) in [7, 11) is 0. The van der Waals surface area contributed by atoms with Crippen molar-refractivity contribution in [2.24, 2.45) is 0 Å². The van der Waals surface area contributed by atoms with Gasteiger partial charge in [-0.15, -0.1) is 6.58 Å². The quantitative estimate of drug-likeness (QED) is 0.421. The van der Waals surface area contributed by atoms with Crippen molar-refractivity contribution in [1.29, 1.82) is 0 Å². The highest BCUT2D eigenvalue weighted by atomic mass is 16.5. The molecule has 0 unspecified atom stereocenters. The fraction of sp³-hybridized carbons (Fsp3) is 0.208. The molecule has 0 aromatic heterocycles. The third-order valence-electron chi connectivity index (χ3n) is 5.00. The Balaban J connectivity index is 2.07. The number of hydrogen-bond donors (Lipinski definition) is 2. The number of hydrogen-bond acceptors (Lipinski definition) is 5. The number of aryl methyl sites for hydroxylation is 2. The van der Waals surface area contributed by atoms with Gasteiger partial charge in [-0.05, 0) is 74.2 Å². The largest absolute Gasteiger partial charge is 0.504 e. The van der Waals surface area contributed by atoms with Gasteiger partial charge in [-0.3, -0.25) is 14.9 Å². The first-order chi connectivity index (χ1) is 14.8. The Labute approximate surface area is 180 Å². The molecule has 4 amide bonds. The van der Waals surface area contributed by atoms with Crippen molar-refractivity contribution in [3.05, 3.63) is 70.8 Å². The molecule has 1 fully saturated rings. The van der Waals surface area contributed by atoms with Crippen LogP contribution in [0, 0.1) is 13.8 Å². The summed E-state index contributed by atoms with van der Waals surface area (Å²) in [5.41, 5.74) is 3.12. The predicted octanol–water partition coefficient (Wildman–Crippen LogP) is 3.80. The van der Waals surface area contributed by atoms with Crippen LogP contribution in [0.3, 0.4) is 0 Å². The third-order valence-corrected chi connectivity index (χ3v) is 5.00. The van der Waals surface area contributed by atoms with Gasteiger partial charge < -0.3 is 9.84 Å². The summed E-state index contributed by atoms with van der Waals surface area (Å²) in [6, 6.07) is 7.56. The Bertz CT molecular complexity index is 1120. The Hall–Kier alpha value is -3.87. The van der Waals surface area contributed by atoms with Crippen molar-refractivity contribution < 1.29 is 24.2 Å². The summed E-state index contributed by atoms with van der Waals surface area (Å²) < 4.78 is 5.48. The zero-order valence-electron chi connectivity index (χ0n) is 17.7. The second-order valence-corrected chi connectivity index (χ2v) is 7.18. The van der Waals surface area contributed by atoms with Gasteiger partial charge in [0.1, 0.15) is 5.57 Å². The van der Waals surface area contributed by atoms with Gasteiger partial charge in [-0.2, -0.15) is 0 Å². The number of benzene rings is 2. The van der Waals surface area contributed by atoms with E-state index in [2.05, 4.69) is 11.9 Å². The van der Waals surface area contributed by atoms with Crippen LogP contribution >= 0.6 is 0 Å². The first kappa shape index (κ1) is 21.8. The number of anilines is 1. The van der Waals surface area contributed by atoms with Crippen molar-refractivity contribution in [2.75, 3.05) is 11.5 Å². The molecule has 0 saturated carbocycles. The van der Waals surface area contributed by atoms with Crippen LogP contribution in [-0.2, 0) is 16.0 Å². The Kier molecular flexibility index (Phi) is 6.25. The van der Waals surface area contributed by atoms with Crippen LogP contribution in [0.4, 0.5) is 10.5 Å². The Morgan fingerprint density at radius 3 is 2.52 bits per heavy atom. The number of barbiturate groups is 1. The number of nitrogens with zero attached hydrogens (tertiary/aromatic N) is 1. The molecule has 7 nitrogen and oxygen atoms in total. The molecule has 1 aliphatic heterocycles. The summed E-state index contributed by atoms with van der Waals surface area (Å²) in [6.45, 7) is 9.59. The van der Waals surface area contributed by atoms with Crippen LogP contribution in [-0.4, -0.2) is 29.6 Å². The van der Waals surface area contributed by atoms with E-state index in [1.807, 2.05) is 13.8 Å². The minimum atomic E-state index is -0.802. The smallest absolute Gasteiger partial charge is 0.335 e. The Morgan fingerprint density at radius 1 is 1.13 bits per heavy atom. The fourth-order valence-electron chi connectivity index (χ4n) is 3.27. The molecule has 1 aliphatic rings. The van der Waals surface area contributed by atoms with Gasteiger partial charge in [0.2, 0.25) is 0 Å². The standard InChI is InChI=1S/C24H24N2O5/c1-5-7-17-11-16(13-20(21(17)27)31-6-2)12-19-22(28)25-24(30)26(23(19)29)18-9-8-14(3)15(4)10-18/h5,8-13,27H,1,6-7H2,2-4H3,(H,25,28,30)/b19-12+. The van der Waals surface area contributed by atoms with E-state index in [-0.39, 0.29) is 17.1 Å².